The predicted molar refractivity (Wildman–Crippen MR) is 83.2 cm³/mol. The number of nitrogens with zero attached hydrogens (tertiary/aromatic N) is 3. The van der Waals surface area contributed by atoms with E-state index < -0.39 is 5.41 Å². The molecule has 1 atom stereocenters. The Kier molecular flexibility index (Phi) is 3.40. The SMILES string of the molecule is C=CCC1(c2cc3c(C)nn(C)c3cn2)CCCCC1=O. The molecule has 4 nitrogen and oxygen atoms in total. The summed E-state index contributed by atoms with van der Waals surface area (Å²) in [5.41, 5.74) is 2.40. The van der Waals surface area contributed by atoms with E-state index in [1.165, 1.54) is 0 Å². The number of pyridine rings is 1. The molecule has 0 N–H and O–H groups in total. The summed E-state index contributed by atoms with van der Waals surface area (Å²) in [5.74, 6) is 0.307. The lowest BCUT2D eigenvalue weighted by Crippen LogP contribution is -2.39. The Morgan fingerprint density at radius 1 is 1.48 bits per heavy atom. The molecule has 1 unspecified atom stereocenters. The molecule has 0 saturated heterocycles. The number of aryl methyl sites for hydroxylation is 2. The molecule has 0 spiro atoms. The maximum absolute atomic E-state index is 12.6. The van der Waals surface area contributed by atoms with Gasteiger partial charge >= 0.3 is 0 Å². The molecule has 2 aromatic rings. The second-order valence-electron chi connectivity index (χ2n) is 6.00. The van der Waals surface area contributed by atoms with Crippen molar-refractivity contribution in [1.29, 1.82) is 0 Å². The molecule has 0 aromatic carbocycles. The molecule has 0 amide bonds. The summed E-state index contributed by atoms with van der Waals surface area (Å²) in [6, 6.07) is 2.06. The first-order valence-corrected chi connectivity index (χ1v) is 7.52. The highest BCUT2D eigenvalue weighted by Crippen LogP contribution is 2.40. The van der Waals surface area contributed by atoms with Crippen molar-refractivity contribution < 1.29 is 4.79 Å². The molecular formula is C17H21N3O. The molecule has 0 bridgehead atoms. The van der Waals surface area contributed by atoms with Crippen molar-refractivity contribution in [2.24, 2.45) is 7.05 Å². The second kappa shape index (κ2) is 5.10. The molecule has 110 valence electrons. The minimum absolute atomic E-state index is 0.307. The number of fused-ring (bicyclic) bond motifs is 1. The van der Waals surface area contributed by atoms with Gasteiger partial charge in [0.15, 0.2) is 0 Å². The zero-order chi connectivity index (χ0) is 15.0. The monoisotopic (exact) mass is 283 g/mol. The van der Waals surface area contributed by atoms with E-state index in [9.17, 15) is 4.79 Å². The molecule has 0 radical (unpaired) electrons. The van der Waals surface area contributed by atoms with Gasteiger partial charge in [-0.05, 0) is 32.3 Å². The highest BCUT2D eigenvalue weighted by atomic mass is 16.1. The fourth-order valence-electron chi connectivity index (χ4n) is 3.52. The van der Waals surface area contributed by atoms with Crippen molar-refractivity contribution in [3.8, 4) is 0 Å². The van der Waals surface area contributed by atoms with Gasteiger partial charge < -0.3 is 0 Å². The van der Waals surface area contributed by atoms with Crippen molar-refractivity contribution in [1.82, 2.24) is 14.8 Å². The van der Waals surface area contributed by atoms with E-state index >= 15 is 0 Å². The van der Waals surface area contributed by atoms with Crippen LogP contribution in [0.25, 0.3) is 10.9 Å². The normalized spacial score (nSPS) is 22.7. The smallest absolute Gasteiger partial charge is 0.145 e. The number of carbonyl (C=O) groups excluding carboxylic acids is 1. The fraction of sp³-hybridized carbons (Fsp3) is 0.471. The van der Waals surface area contributed by atoms with E-state index in [2.05, 4.69) is 22.7 Å². The van der Waals surface area contributed by atoms with E-state index in [0.717, 1.165) is 41.6 Å². The third-order valence-corrected chi connectivity index (χ3v) is 4.70. The van der Waals surface area contributed by atoms with Crippen molar-refractivity contribution in [2.45, 2.75) is 44.4 Å². The molecule has 1 aliphatic rings. The first kappa shape index (κ1) is 14.0. The topological polar surface area (TPSA) is 47.8 Å². The van der Waals surface area contributed by atoms with Crippen LogP contribution >= 0.6 is 0 Å². The summed E-state index contributed by atoms with van der Waals surface area (Å²) < 4.78 is 1.84. The van der Waals surface area contributed by atoms with Crippen molar-refractivity contribution >= 4 is 16.7 Å². The van der Waals surface area contributed by atoms with Crippen molar-refractivity contribution in [3.05, 3.63) is 36.3 Å². The number of Topliss-reactive ketones (excluding diaryl/α,β-unsaturated/α-hetero) is 1. The molecule has 4 heteroatoms. The highest BCUT2D eigenvalue weighted by Gasteiger charge is 2.41. The third kappa shape index (κ3) is 2.09. The first-order chi connectivity index (χ1) is 10.1. The molecule has 1 saturated carbocycles. The lowest BCUT2D eigenvalue weighted by atomic mass is 9.68. The van der Waals surface area contributed by atoms with Gasteiger partial charge in [-0.1, -0.05) is 12.5 Å². The molecule has 2 aromatic heterocycles. The highest BCUT2D eigenvalue weighted by molar-refractivity contribution is 5.92. The van der Waals surface area contributed by atoms with Gasteiger partial charge in [0, 0.05) is 18.9 Å². The number of hydrogen-bond acceptors (Lipinski definition) is 3. The van der Waals surface area contributed by atoms with Gasteiger partial charge in [0.25, 0.3) is 0 Å². The fourth-order valence-corrected chi connectivity index (χ4v) is 3.52. The van der Waals surface area contributed by atoms with E-state index in [0.29, 0.717) is 18.6 Å². The lowest BCUT2D eigenvalue weighted by molar-refractivity contribution is -0.126. The van der Waals surface area contributed by atoms with Crippen LogP contribution in [0.4, 0.5) is 0 Å². The summed E-state index contributed by atoms with van der Waals surface area (Å²) in [6.07, 6.45) is 7.96. The Hall–Kier alpha value is -1.97. The third-order valence-electron chi connectivity index (χ3n) is 4.70. The molecular weight excluding hydrogens is 262 g/mol. The van der Waals surface area contributed by atoms with Crippen LogP contribution in [0.2, 0.25) is 0 Å². The molecule has 21 heavy (non-hydrogen) atoms. The van der Waals surface area contributed by atoms with Crippen LogP contribution in [0.1, 0.15) is 43.5 Å². The van der Waals surface area contributed by atoms with Gasteiger partial charge in [-0.15, -0.1) is 6.58 Å². The summed E-state index contributed by atoms with van der Waals surface area (Å²) in [7, 11) is 1.92. The Morgan fingerprint density at radius 2 is 2.29 bits per heavy atom. The van der Waals surface area contributed by atoms with Crippen LogP contribution in [-0.2, 0) is 17.3 Å². The Balaban J connectivity index is 2.17. The summed E-state index contributed by atoms with van der Waals surface area (Å²) in [5, 5.41) is 5.52. The zero-order valence-electron chi connectivity index (χ0n) is 12.7. The predicted octanol–water partition coefficient (Wildman–Crippen LogP) is 3.23. The Bertz CT molecular complexity index is 716. The number of carbonyl (C=O) groups is 1. The van der Waals surface area contributed by atoms with Gasteiger partial charge in [-0.3, -0.25) is 14.5 Å². The Labute approximate surface area is 124 Å². The maximum Gasteiger partial charge on any atom is 0.145 e. The average molecular weight is 283 g/mol. The average Bonchev–Trinajstić information content (AvgIpc) is 2.76. The van der Waals surface area contributed by atoms with Crippen LogP contribution < -0.4 is 0 Å². The van der Waals surface area contributed by atoms with Crippen LogP contribution in [0.3, 0.4) is 0 Å². The number of rotatable bonds is 3. The standard InChI is InChI=1S/C17H21N3O/c1-4-8-17(9-6-5-7-16(17)21)15-10-13-12(2)19-20(3)14(13)11-18-15/h4,10-11H,1,5-9H2,2-3H3. The minimum atomic E-state index is -0.476. The van der Waals surface area contributed by atoms with E-state index in [1.54, 1.807) is 0 Å². The largest absolute Gasteiger partial charge is 0.299 e. The first-order valence-electron chi connectivity index (χ1n) is 7.52. The molecule has 0 aliphatic heterocycles. The zero-order valence-corrected chi connectivity index (χ0v) is 12.7. The maximum atomic E-state index is 12.6. The molecule has 1 fully saturated rings. The van der Waals surface area contributed by atoms with E-state index in [4.69, 9.17) is 0 Å². The summed E-state index contributed by atoms with van der Waals surface area (Å²) >= 11 is 0. The van der Waals surface area contributed by atoms with Gasteiger partial charge in [-0.25, -0.2) is 0 Å². The van der Waals surface area contributed by atoms with E-state index in [-0.39, 0.29) is 0 Å². The van der Waals surface area contributed by atoms with Gasteiger partial charge in [0.2, 0.25) is 0 Å². The van der Waals surface area contributed by atoms with Crippen LogP contribution in [0, 0.1) is 6.92 Å². The van der Waals surface area contributed by atoms with Gasteiger partial charge in [-0.2, -0.15) is 5.10 Å². The molecule has 3 rings (SSSR count). The van der Waals surface area contributed by atoms with E-state index in [1.807, 2.05) is 30.9 Å². The quantitative estimate of drug-likeness (QED) is 0.812. The molecule has 1 aliphatic carbocycles. The van der Waals surface area contributed by atoms with Crippen LogP contribution in [-0.4, -0.2) is 20.5 Å². The number of aromatic nitrogens is 3. The number of allylic oxidation sites excluding steroid dienone is 1. The van der Waals surface area contributed by atoms with Crippen molar-refractivity contribution in [3.63, 3.8) is 0 Å². The number of hydrogen-bond donors (Lipinski definition) is 0. The molecule has 2 heterocycles. The van der Waals surface area contributed by atoms with Gasteiger partial charge in [0.1, 0.15) is 5.78 Å². The minimum Gasteiger partial charge on any atom is -0.299 e. The second-order valence-corrected chi connectivity index (χ2v) is 6.00. The lowest BCUT2D eigenvalue weighted by Gasteiger charge is -2.34. The van der Waals surface area contributed by atoms with Crippen molar-refractivity contribution in [2.75, 3.05) is 0 Å². The van der Waals surface area contributed by atoms with Crippen LogP contribution in [0.5, 0.6) is 0 Å². The summed E-state index contributed by atoms with van der Waals surface area (Å²) in [4.78, 5) is 17.2. The summed E-state index contributed by atoms with van der Waals surface area (Å²) in [6.45, 7) is 5.84. The van der Waals surface area contributed by atoms with Gasteiger partial charge in [0.05, 0.1) is 28.5 Å². The van der Waals surface area contributed by atoms with Crippen LogP contribution in [0.15, 0.2) is 24.9 Å². The number of ketones is 1. The Morgan fingerprint density at radius 3 is 3.00 bits per heavy atom.